The number of nitrogens with zero attached hydrogens (tertiary/aromatic N) is 1. The van der Waals surface area contributed by atoms with Gasteiger partial charge in [0.15, 0.2) is 0 Å². The van der Waals surface area contributed by atoms with E-state index in [4.69, 9.17) is 0 Å². The molecule has 0 radical (unpaired) electrons. The predicted octanol–water partition coefficient (Wildman–Crippen LogP) is 1.40. The van der Waals surface area contributed by atoms with Crippen molar-refractivity contribution in [2.45, 2.75) is 37.5 Å². The van der Waals surface area contributed by atoms with E-state index < -0.39 is 14.9 Å². The normalized spacial score (nSPS) is 15.7. The van der Waals surface area contributed by atoms with Gasteiger partial charge in [-0.15, -0.1) is 4.83 Å². The third-order valence-electron chi connectivity index (χ3n) is 3.72. The fraction of sp³-hybridized carbons (Fsp3) is 0.462. The minimum absolute atomic E-state index is 0.185. The number of hydrazine groups is 1. The van der Waals surface area contributed by atoms with Crippen LogP contribution in [0.4, 0.5) is 5.69 Å². The van der Waals surface area contributed by atoms with Crippen LogP contribution in [0.5, 0.6) is 0 Å². The Morgan fingerprint density at radius 2 is 1.95 bits per heavy atom. The van der Waals surface area contributed by atoms with Crippen molar-refractivity contribution in [1.82, 2.24) is 10.3 Å². The lowest BCUT2D eigenvalue weighted by Gasteiger charge is -2.12. The summed E-state index contributed by atoms with van der Waals surface area (Å²) in [7, 11) is -4.04. The van der Waals surface area contributed by atoms with E-state index >= 15 is 0 Å². The van der Waals surface area contributed by atoms with Crippen molar-refractivity contribution in [3.8, 4) is 0 Å². The first kappa shape index (κ1) is 16.4. The fourth-order valence-electron chi connectivity index (χ4n) is 2.42. The van der Waals surface area contributed by atoms with E-state index in [1.807, 2.05) is 4.83 Å². The molecule has 1 aromatic carbocycles. The van der Waals surface area contributed by atoms with E-state index in [-0.39, 0.29) is 22.4 Å². The molecular formula is C13H17N3O5S. The molecule has 22 heavy (non-hydrogen) atoms. The summed E-state index contributed by atoms with van der Waals surface area (Å²) in [6, 6.07) is 3.58. The van der Waals surface area contributed by atoms with Gasteiger partial charge < -0.3 is 0 Å². The van der Waals surface area contributed by atoms with Gasteiger partial charge in [0.1, 0.15) is 0 Å². The number of sulfonamides is 1. The van der Waals surface area contributed by atoms with Crippen LogP contribution in [-0.2, 0) is 14.8 Å². The van der Waals surface area contributed by atoms with Crippen LogP contribution in [-0.4, -0.2) is 19.2 Å². The summed E-state index contributed by atoms with van der Waals surface area (Å²) < 4.78 is 24.2. The maximum absolute atomic E-state index is 12.1. The minimum atomic E-state index is -4.04. The zero-order valence-electron chi connectivity index (χ0n) is 12.0. The second-order valence-electron chi connectivity index (χ2n) is 5.28. The molecule has 0 aromatic heterocycles. The summed E-state index contributed by atoms with van der Waals surface area (Å²) in [4.78, 5) is 23.7. The van der Waals surface area contributed by atoms with Crippen LogP contribution in [0.15, 0.2) is 23.1 Å². The molecule has 120 valence electrons. The van der Waals surface area contributed by atoms with Crippen LogP contribution < -0.4 is 10.3 Å². The van der Waals surface area contributed by atoms with Crippen molar-refractivity contribution in [2.75, 3.05) is 0 Å². The molecule has 0 aliphatic heterocycles. The van der Waals surface area contributed by atoms with E-state index in [1.54, 1.807) is 0 Å². The van der Waals surface area contributed by atoms with Crippen molar-refractivity contribution in [3.05, 3.63) is 33.9 Å². The van der Waals surface area contributed by atoms with Gasteiger partial charge in [0.05, 0.1) is 9.82 Å². The smallest absolute Gasteiger partial charge is 0.273 e. The SMILES string of the molecule is Cc1ccc(S(=O)(=O)NNC(=O)C2CCCC2)cc1[N+](=O)[O-]. The van der Waals surface area contributed by atoms with Crippen molar-refractivity contribution >= 4 is 21.6 Å². The summed E-state index contributed by atoms with van der Waals surface area (Å²) in [5, 5.41) is 10.9. The molecule has 0 saturated heterocycles. The maximum Gasteiger partial charge on any atom is 0.273 e. The first-order chi connectivity index (χ1) is 10.3. The maximum atomic E-state index is 12.1. The molecule has 0 heterocycles. The number of carbonyl (C=O) groups excluding carboxylic acids is 1. The third kappa shape index (κ3) is 3.60. The number of nitro groups is 1. The number of amides is 1. The molecule has 1 aromatic rings. The highest BCUT2D eigenvalue weighted by Crippen LogP contribution is 2.25. The summed E-state index contributed by atoms with van der Waals surface area (Å²) in [6.45, 7) is 1.52. The van der Waals surface area contributed by atoms with Crippen molar-refractivity contribution in [3.63, 3.8) is 0 Å². The van der Waals surface area contributed by atoms with Crippen LogP contribution in [0, 0.1) is 23.0 Å². The molecular weight excluding hydrogens is 310 g/mol. The Bertz CT molecular complexity index is 696. The van der Waals surface area contributed by atoms with E-state index in [9.17, 15) is 23.3 Å². The van der Waals surface area contributed by atoms with Crippen LogP contribution in [0.3, 0.4) is 0 Å². The standard InChI is InChI=1S/C13H17N3O5S/c1-9-6-7-11(8-12(9)16(18)19)22(20,21)15-14-13(17)10-4-2-3-5-10/h6-8,10,15H,2-5H2,1H3,(H,14,17). The van der Waals surface area contributed by atoms with Crippen LogP contribution in [0.1, 0.15) is 31.2 Å². The molecule has 1 fully saturated rings. The quantitative estimate of drug-likeness (QED) is 0.626. The highest BCUT2D eigenvalue weighted by atomic mass is 32.2. The molecule has 0 unspecified atom stereocenters. The summed E-state index contributed by atoms with van der Waals surface area (Å²) >= 11 is 0. The Hall–Kier alpha value is -2.00. The summed E-state index contributed by atoms with van der Waals surface area (Å²) in [6.07, 6.45) is 3.39. The highest BCUT2D eigenvalue weighted by molar-refractivity contribution is 7.89. The largest absolute Gasteiger partial charge is 0.277 e. The number of carbonyl (C=O) groups is 1. The first-order valence-corrected chi connectivity index (χ1v) is 8.36. The van der Waals surface area contributed by atoms with Gasteiger partial charge in [0.2, 0.25) is 5.91 Å². The van der Waals surface area contributed by atoms with E-state index in [2.05, 4.69) is 5.43 Å². The first-order valence-electron chi connectivity index (χ1n) is 6.88. The lowest BCUT2D eigenvalue weighted by atomic mass is 10.1. The van der Waals surface area contributed by atoms with Gasteiger partial charge in [0, 0.05) is 17.5 Å². The monoisotopic (exact) mass is 327 g/mol. The molecule has 2 rings (SSSR count). The molecule has 1 aliphatic rings. The molecule has 8 nitrogen and oxygen atoms in total. The molecule has 0 atom stereocenters. The molecule has 1 aliphatic carbocycles. The Morgan fingerprint density at radius 1 is 1.32 bits per heavy atom. The minimum Gasteiger partial charge on any atom is -0.277 e. The molecule has 2 N–H and O–H groups in total. The Morgan fingerprint density at radius 3 is 2.55 bits per heavy atom. The van der Waals surface area contributed by atoms with Gasteiger partial charge in [-0.3, -0.25) is 20.3 Å². The van der Waals surface area contributed by atoms with E-state index in [0.29, 0.717) is 5.56 Å². The molecule has 9 heteroatoms. The number of hydrogen-bond acceptors (Lipinski definition) is 5. The summed E-state index contributed by atoms with van der Waals surface area (Å²) in [5.41, 5.74) is 2.25. The number of benzene rings is 1. The van der Waals surface area contributed by atoms with Crippen molar-refractivity contribution in [2.24, 2.45) is 5.92 Å². The Labute approximate surface area is 128 Å². The zero-order chi connectivity index (χ0) is 16.3. The highest BCUT2D eigenvalue weighted by Gasteiger charge is 2.25. The zero-order valence-corrected chi connectivity index (χ0v) is 12.9. The second-order valence-corrected chi connectivity index (χ2v) is 6.96. The van der Waals surface area contributed by atoms with Gasteiger partial charge in [0.25, 0.3) is 15.7 Å². The topological polar surface area (TPSA) is 118 Å². The van der Waals surface area contributed by atoms with Crippen LogP contribution in [0.2, 0.25) is 0 Å². The summed E-state index contributed by atoms with van der Waals surface area (Å²) in [5.74, 6) is -0.558. The van der Waals surface area contributed by atoms with Crippen molar-refractivity contribution in [1.29, 1.82) is 0 Å². The average Bonchev–Trinajstić information content (AvgIpc) is 2.99. The second kappa shape index (κ2) is 6.41. The number of hydrogen-bond donors (Lipinski definition) is 2. The fourth-order valence-corrected chi connectivity index (χ4v) is 3.29. The number of nitrogens with one attached hydrogen (secondary N) is 2. The Balaban J connectivity index is 2.11. The van der Waals surface area contributed by atoms with Gasteiger partial charge in [-0.2, -0.15) is 0 Å². The van der Waals surface area contributed by atoms with Gasteiger partial charge in [-0.05, 0) is 25.8 Å². The molecule has 0 bridgehead atoms. The Kier molecular flexibility index (Phi) is 4.77. The van der Waals surface area contributed by atoms with E-state index in [1.165, 1.54) is 19.1 Å². The average molecular weight is 327 g/mol. The van der Waals surface area contributed by atoms with Gasteiger partial charge >= 0.3 is 0 Å². The molecule has 1 amide bonds. The predicted molar refractivity (Wildman–Crippen MR) is 78.3 cm³/mol. The van der Waals surface area contributed by atoms with Gasteiger partial charge in [-0.25, -0.2) is 8.42 Å². The lowest BCUT2D eigenvalue weighted by molar-refractivity contribution is -0.385. The van der Waals surface area contributed by atoms with Crippen molar-refractivity contribution < 1.29 is 18.1 Å². The number of aryl methyl sites for hydroxylation is 1. The van der Waals surface area contributed by atoms with E-state index in [0.717, 1.165) is 31.7 Å². The van der Waals surface area contributed by atoms with Gasteiger partial charge in [-0.1, -0.05) is 18.9 Å². The van der Waals surface area contributed by atoms with Crippen LogP contribution in [0.25, 0.3) is 0 Å². The molecule has 0 spiro atoms. The molecule has 1 saturated carbocycles. The number of rotatable bonds is 5. The number of nitro benzene ring substituents is 1. The van der Waals surface area contributed by atoms with Crippen LogP contribution >= 0.6 is 0 Å². The lowest BCUT2D eigenvalue weighted by Crippen LogP contribution is -2.44. The third-order valence-corrected chi connectivity index (χ3v) is 4.97.